The van der Waals surface area contributed by atoms with Crippen LogP contribution in [0.15, 0.2) is 58.8 Å². The van der Waals surface area contributed by atoms with Gasteiger partial charge in [-0.25, -0.2) is 13.4 Å². The van der Waals surface area contributed by atoms with Crippen molar-refractivity contribution in [2.45, 2.75) is 37.5 Å². The molecule has 9 heteroatoms. The number of anilines is 2. The highest BCUT2D eigenvalue weighted by molar-refractivity contribution is 7.92. The third-order valence-electron chi connectivity index (χ3n) is 6.52. The van der Waals surface area contributed by atoms with Crippen molar-refractivity contribution in [3.05, 3.63) is 59.5 Å². The number of benzene rings is 2. The van der Waals surface area contributed by atoms with Gasteiger partial charge in [-0.2, -0.15) is 0 Å². The Balaban J connectivity index is 1.34. The van der Waals surface area contributed by atoms with Crippen molar-refractivity contribution in [3.8, 4) is 11.3 Å². The van der Waals surface area contributed by atoms with Crippen LogP contribution in [0.4, 0.5) is 10.8 Å². The summed E-state index contributed by atoms with van der Waals surface area (Å²) in [6.07, 6.45) is 4.46. The molecule has 0 unspecified atom stereocenters. The number of nitrogens with zero attached hydrogens (tertiary/aromatic N) is 3. The van der Waals surface area contributed by atoms with E-state index < -0.39 is 10.0 Å². The second kappa shape index (κ2) is 12.7. The molecule has 1 saturated heterocycles. The lowest BCUT2D eigenvalue weighted by Crippen LogP contribution is -2.45. The lowest BCUT2D eigenvalue weighted by molar-refractivity contribution is 0.158. The number of rotatable bonds is 12. The molecule has 0 aliphatic carbocycles. The molecule has 0 bridgehead atoms. The largest absolute Gasteiger partial charge is 0.360 e. The lowest BCUT2D eigenvalue weighted by Gasteiger charge is -2.32. The van der Waals surface area contributed by atoms with Gasteiger partial charge in [0.1, 0.15) is 0 Å². The number of hydrogen-bond acceptors (Lipinski definition) is 7. The third-order valence-corrected chi connectivity index (χ3v) is 8.71. The molecule has 0 atom stereocenters. The minimum absolute atomic E-state index is 0.271. The summed E-state index contributed by atoms with van der Waals surface area (Å²) in [6.45, 7) is 8.47. The standard InChI is InChI=1S/C27H37N5O2S2/c1-3-4-5-7-22-10-12-25(13-11-22)36(33,34)30-24-9-6-8-23(20-24)26-21-35-27(29-26)28-14-15-32-18-16-31(2)17-19-32/h6,8-13,20-21,30H,3-5,7,14-19H2,1-2H3,(H,28,29). The number of likely N-dealkylation sites (N-methyl/N-ethyl adjacent to an activating group) is 1. The molecule has 2 aromatic carbocycles. The van der Waals surface area contributed by atoms with Crippen molar-refractivity contribution < 1.29 is 8.42 Å². The van der Waals surface area contributed by atoms with Crippen molar-refractivity contribution in [2.24, 2.45) is 0 Å². The molecule has 0 spiro atoms. The molecule has 0 amide bonds. The van der Waals surface area contributed by atoms with Crippen LogP contribution in [0.25, 0.3) is 11.3 Å². The first kappa shape index (κ1) is 26.6. The second-order valence-electron chi connectivity index (χ2n) is 9.40. The zero-order chi connectivity index (χ0) is 25.4. The van der Waals surface area contributed by atoms with Gasteiger partial charge in [0.25, 0.3) is 10.0 Å². The molecule has 1 aliphatic rings. The predicted molar refractivity (Wildman–Crippen MR) is 150 cm³/mol. The van der Waals surface area contributed by atoms with Gasteiger partial charge < -0.3 is 10.2 Å². The first-order valence-corrected chi connectivity index (χ1v) is 15.1. The molecule has 1 fully saturated rings. The van der Waals surface area contributed by atoms with E-state index in [0.29, 0.717) is 5.69 Å². The van der Waals surface area contributed by atoms with Gasteiger partial charge in [-0.3, -0.25) is 9.62 Å². The van der Waals surface area contributed by atoms with Crippen LogP contribution in [0.3, 0.4) is 0 Å². The fourth-order valence-corrected chi connectivity index (χ4v) is 6.05. The summed E-state index contributed by atoms with van der Waals surface area (Å²) in [5.74, 6) is 0. The summed E-state index contributed by atoms with van der Waals surface area (Å²) < 4.78 is 28.6. The number of aryl methyl sites for hydroxylation is 1. The van der Waals surface area contributed by atoms with Crippen LogP contribution in [0.5, 0.6) is 0 Å². The van der Waals surface area contributed by atoms with Crippen LogP contribution in [0.1, 0.15) is 31.7 Å². The van der Waals surface area contributed by atoms with E-state index in [1.54, 1.807) is 29.5 Å². The number of unbranched alkanes of at least 4 members (excludes halogenated alkanes) is 2. The Kier molecular flexibility index (Phi) is 9.36. The van der Waals surface area contributed by atoms with Crippen LogP contribution in [-0.4, -0.2) is 69.5 Å². The fraction of sp³-hybridized carbons (Fsp3) is 0.444. The van der Waals surface area contributed by atoms with Crippen LogP contribution in [0.2, 0.25) is 0 Å². The molecular weight excluding hydrogens is 490 g/mol. The molecular formula is C27H37N5O2S2. The van der Waals surface area contributed by atoms with Gasteiger partial charge in [0, 0.05) is 55.9 Å². The van der Waals surface area contributed by atoms with Crippen LogP contribution < -0.4 is 10.0 Å². The van der Waals surface area contributed by atoms with Crippen molar-refractivity contribution in [2.75, 3.05) is 56.4 Å². The van der Waals surface area contributed by atoms with Gasteiger partial charge in [0.15, 0.2) is 5.13 Å². The minimum Gasteiger partial charge on any atom is -0.360 e. The maximum atomic E-state index is 13.0. The Bertz CT molecular complexity index is 1200. The highest BCUT2D eigenvalue weighted by Crippen LogP contribution is 2.28. The maximum absolute atomic E-state index is 13.0. The van der Waals surface area contributed by atoms with Gasteiger partial charge in [-0.05, 0) is 49.7 Å². The van der Waals surface area contributed by atoms with E-state index in [4.69, 9.17) is 4.98 Å². The first-order chi connectivity index (χ1) is 17.4. The van der Waals surface area contributed by atoms with Crippen molar-refractivity contribution in [1.29, 1.82) is 0 Å². The van der Waals surface area contributed by atoms with Gasteiger partial charge in [0.2, 0.25) is 0 Å². The average Bonchev–Trinajstić information content (AvgIpc) is 3.35. The monoisotopic (exact) mass is 527 g/mol. The molecule has 3 aromatic rings. The molecule has 1 aromatic heterocycles. The van der Waals surface area contributed by atoms with Crippen molar-refractivity contribution in [1.82, 2.24) is 14.8 Å². The van der Waals surface area contributed by atoms with E-state index in [1.807, 2.05) is 35.7 Å². The van der Waals surface area contributed by atoms with E-state index >= 15 is 0 Å². The first-order valence-electron chi connectivity index (χ1n) is 12.8. The molecule has 194 valence electrons. The summed E-state index contributed by atoms with van der Waals surface area (Å²) in [5.41, 5.74) is 3.40. The lowest BCUT2D eigenvalue weighted by atomic mass is 10.1. The SMILES string of the molecule is CCCCCc1ccc(S(=O)(=O)Nc2cccc(-c3csc(NCCN4CCN(C)CC4)n3)c2)cc1. The van der Waals surface area contributed by atoms with E-state index in [9.17, 15) is 8.42 Å². The number of sulfonamides is 1. The summed E-state index contributed by atoms with van der Waals surface area (Å²) >= 11 is 1.57. The van der Waals surface area contributed by atoms with E-state index in [1.165, 1.54) is 18.4 Å². The number of thiazole rings is 1. The van der Waals surface area contributed by atoms with Gasteiger partial charge in [0.05, 0.1) is 10.6 Å². The minimum atomic E-state index is -3.66. The smallest absolute Gasteiger partial charge is 0.261 e. The van der Waals surface area contributed by atoms with E-state index in [0.717, 1.165) is 68.5 Å². The molecule has 2 heterocycles. The average molecular weight is 528 g/mol. The third kappa shape index (κ3) is 7.52. The number of aromatic nitrogens is 1. The molecule has 4 rings (SSSR count). The number of hydrogen-bond donors (Lipinski definition) is 2. The zero-order valence-corrected chi connectivity index (χ0v) is 22.9. The Labute approximate surface area is 219 Å². The Morgan fingerprint density at radius 3 is 2.56 bits per heavy atom. The molecule has 0 saturated carbocycles. The number of piperazine rings is 1. The molecule has 36 heavy (non-hydrogen) atoms. The van der Waals surface area contributed by atoms with Gasteiger partial charge >= 0.3 is 0 Å². The highest BCUT2D eigenvalue weighted by atomic mass is 32.2. The van der Waals surface area contributed by atoms with E-state index in [2.05, 4.69) is 33.8 Å². The molecule has 1 aliphatic heterocycles. The molecule has 2 N–H and O–H groups in total. The van der Waals surface area contributed by atoms with Crippen LogP contribution >= 0.6 is 11.3 Å². The summed E-state index contributed by atoms with van der Waals surface area (Å²) in [4.78, 5) is 9.81. The summed E-state index contributed by atoms with van der Waals surface area (Å²) in [6, 6.07) is 14.6. The topological polar surface area (TPSA) is 77.6 Å². The number of nitrogens with one attached hydrogen (secondary N) is 2. The van der Waals surface area contributed by atoms with Crippen LogP contribution in [0, 0.1) is 0 Å². The summed E-state index contributed by atoms with van der Waals surface area (Å²) in [7, 11) is -1.50. The normalized spacial score (nSPS) is 15.2. The Morgan fingerprint density at radius 1 is 1.03 bits per heavy atom. The molecule has 7 nitrogen and oxygen atoms in total. The van der Waals surface area contributed by atoms with Gasteiger partial charge in [-0.1, -0.05) is 44.0 Å². The Morgan fingerprint density at radius 2 is 1.81 bits per heavy atom. The predicted octanol–water partition coefficient (Wildman–Crippen LogP) is 5.00. The van der Waals surface area contributed by atoms with Crippen molar-refractivity contribution >= 4 is 32.2 Å². The highest BCUT2D eigenvalue weighted by Gasteiger charge is 2.16. The Hall–Kier alpha value is -2.46. The molecule has 0 radical (unpaired) electrons. The fourth-order valence-electron chi connectivity index (χ4n) is 4.25. The van der Waals surface area contributed by atoms with Crippen LogP contribution in [-0.2, 0) is 16.4 Å². The maximum Gasteiger partial charge on any atom is 0.261 e. The van der Waals surface area contributed by atoms with Crippen molar-refractivity contribution in [3.63, 3.8) is 0 Å². The van der Waals surface area contributed by atoms with E-state index in [-0.39, 0.29) is 4.90 Å². The second-order valence-corrected chi connectivity index (χ2v) is 11.9. The quantitative estimate of drug-likeness (QED) is 0.323. The zero-order valence-electron chi connectivity index (χ0n) is 21.2. The van der Waals surface area contributed by atoms with Gasteiger partial charge in [-0.15, -0.1) is 11.3 Å². The summed E-state index contributed by atoms with van der Waals surface area (Å²) in [5, 5.41) is 6.31.